The number of rotatable bonds is 3. The molecule has 4 nitrogen and oxygen atoms in total. The number of esters is 1. The van der Waals surface area contributed by atoms with Crippen molar-refractivity contribution in [3.63, 3.8) is 0 Å². The monoisotopic (exact) mass is 380 g/mol. The van der Waals surface area contributed by atoms with Gasteiger partial charge in [0.1, 0.15) is 5.00 Å². The largest absolute Gasteiger partial charge is 0.462 e. The minimum atomic E-state index is -0.209. The summed E-state index contributed by atoms with van der Waals surface area (Å²) in [7, 11) is 0. The van der Waals surface area contributed by atoms with Crippen LogP contribution in [0, 0.1) is 5.92 Å². The van der Waals surface area contributed by atoms with Crippen molar-refractivity contribution in [2.45, 2.75) is 58.8 Å². The summed E-state index contributed by atoms with van der Waals surface area (Å²) in [6.07, 6.45) is 8.04. The zero-order valence-electron chi connectivity index (χ0n) is 15.2. The average Bonchev–Trinajstić information content (AvgIpc) is 2.76. The molecule has 0 aromatic carbocycles. The van der Waals surface area contributed by atoms with Crippen LogP contribution in [0.1, 0.15) is 66.8 Å². The molecule has 6 heteroatoms. The fraction of sp³-hybridized carbons (Fsp3) is 0.684. The summed E-state index contributed by atoms with van der Waals surface area (Å²) in [5.41, 5.74) is 1.93. The second-order valence-electron chi connectivity index (χ2n) is 7.11. The highest BCUT2D eigenvalue weighted by Gasteiger charge is 2.27. The lowest BCUT2D eigenvalue weighted by Gasteiger charge is -2.33. The standard InChI is InChI=1S/C19H28N2O2S2/c1-3-23-18(22)16-14-9-5-4-6-10-15(14)25-17(16)20-19(24)21-11-7-8-13(2)12-21/h13H,3-12H2,1-2H3,(H,20,24)/t13-/m1/s1. The van der Waals surface area contributed by atoms with Gasteiger partial charge in [0.05, 0.1) is 12.2 Å². The van der Waals surface area contributed by atoms with Gasteiger partial charge in [-0.2, -0.15) is 0 Å². The third-order valence-electron chi connectivity index (χ3n) is 5.07. The van der Waals surface area contributed by atoms with Crippen molar-refractivity contribution in [3.05, 3.63) is 16.0 Å². The van der Waals surface area contributed by atoms with E-state index >= 15 is 0 Å². The summed E-state index contributed by atoms with van der Waals surface area (Å²) in [4.78, 5) is 16.2. The molecular formula is C19H28N2O2S2. The maximum absolute atomic E-state index is 12.6. The van der Waals surface area contributed by atoms with E-state index in [9.17, 15) is 4.79 Å². The Hall–Kier alpha value is -1.14. The molecule has 0 amide bonds. The fourth-order valence-corrected chi connectivity index (χ4v) is 5.41. The lowest BCUT2D eigenvalue weighted by molar-refractivity contribution is 0.0527. The number of nitrogens with one attached hydrogen (secondary N) is 1. The van der Waals surface area contributed by atoms with Gasteiger partial charge in [-0.05, 0) is 69.1 Å². The second-order valence-corrected chi connectivity index (χ2v) is 8.60. The third-order valence-corrected chi connectivity index (χ3v) is 6.63. The van der Waals surface area contributed by atoms with Crippen molar-refractivity contribution in [1.29, 1.82) is 0 Å². The third kappa shape index (κ3) is 4.34. The smallest absolute Gasteiger partial charge is 0.341 e. The Balaban J connectivity index is 1.84. The van der Waals surface area contributed by atoms with Gasteiger partial charge in [0, 0.05) is 18.0 Å². The van der Waals surface area contributed by atoms with E-state index in [-0.39, 0.29) is 5.97 Å². The van der Waals surface area contributed by atoms with E-state index in [0.29, 0.717) is 12.5 Å². The number of likely N-dealkylation sites (tertiary alicyclic amines) is 1. The Labute approximate surface area is 159 Å². The fourth-order valence-electron chi connectivity index (χ4n) is 3.80. The van der Waals surface area contributed by atoms with Crippen LogP contribution in [0.3, 0.4) is 0 Å². The van der Waals surface area contributed by atoms with Crippen LogP contribution in [0.25, 0.3) is 0 Å². The van der Waals surface area contributed by atoms with Gasteiger partial charge in [-0.1, -0.05) is 13.3 Å². The first-order chi connectivity index (χ1) is 12.1. The Kier molecular flexibility index (Phi) is 6.34. The molecule has 25 heavy (non-hydrogen) atoms. The predicted octanol–water partition coefficient (Wildman–Crippen LogP) is 4.62. The summed E-state index contributed by atoms with van der Waals surface area (Å²) in [6, 6.07) is 0. The Morgan fingerprint density at radius 3 is 2.88 bits per heavy atom. The number of fused-ring (bicyclic) bond motifs is 1. The summed E-state index contributed by atoms with van der Waals surface area (Å²) in [5, 5.41) is 5.02. The number of aryl methyl sites for hydroxylation is 1. The Morgan fingerprint density at radius 1 is 1.32 bits per heavy atom. The van der Waals surface area contributed by atoms with Gasteiger partial charge in [-0.25, -0.2) is 4.79 Å². The number of piperidine rings is 1. The van der Waals surface area contributed by atoms with Gasteiger partial charge in [-0.15, -0.1) is 11.3 Å². The van der Waals surface area contributed by atoms with Gasteiger partial charge in [0.15, 0.2) is 5.11 Å². The highest BCUT2D eigenvalue weighted by molar-refractivity contribution is 7.80. The molecule has 1 aromatic rings. The summed E-state index contributed by atoms with van der Waals surface area (Å²) < 4.78 is 5.35. The second kappa shape index (κ2) is 8.49. The molecule has 0 saturated carbocycles. The average molecular weight is 381 g/mol. The van der Waals surface area contributed by atoms with Gasteiger partial charge in [0.2, 0.25) is 0 Å². The highest BCUT2D eigenvalue weighted by atomic mass is 32.1. The van der Waals surface area contributed by atoms with Crippen LogP contribution in [-0.2, 0) is 17.6 Å². The molecule has 1 aliphatic carbocycles. The lowest BCUT2D eigenvalue weighted by atomic mass is 10.0. The van der Waals surface area contributed by atoms with E-state index in [0.717, 1.165) is 48.0 Å². The van der Waals surface area contributed by atoms with Crippen LogP contribution in [0.5, 0.6) is 0 Å². The summed E-state index contributed by atoms with van der Waals surface area (Å²) in [5.74, 6) is 0.456. The van der Waals surface area contributed by atoms with Gasteiger partial charge in [-0.3, -0.25) is 0 Å². The van der Waals surface area contributed by atoms with Crippen LogP contribution >= 0.6 is 23.6 Å². The minimum Gasteiger partial charge on any atom is -0.462 e. The van der Waals surface area contributed by atoms with E-state index in [1.807, 2.05) is 6.92 Å². The minimum absolute atomic E-state index is 0.209. The van der Waals surface area contributed by atoms with Gasteiger partial charge >= 0.3 is 5.97 Å². The van der Waals surface area contributed by atoms with E-state index in [2.05, 4.69) is 17.1 Å². The lowest BCUT2D eigenvalue weighted by Crippen LogP contribution is -2.41. The summed E-state index contributed by atoms with van der Waals surface area (Å²) in [6.45, 7) is 6.51. The molecule has 2 aliphatic rings. The number of carbonyl (C=O) groups excluding carboxylic acids is 1. The molecule has 0 bridgehead atoms. The molecule has 3 rings (SSSR count). The van der Waals surface area contributed by atoms with Gasteiger partial charge < -0.3 is 15.0 Å². The van der Waals surface area contributed by atoms with Crippen LogP contribution in [-0.4, -0.2) is 35.7 Å². The van der Waals surface area contributed by atoms with Gasteiger partial charge in [0.25, 0.3) is 0 Å². The maximum Gasteiger partial charge on any atom is 0.341 e. The number of ether oxygens (including phenoxy) is 1. The molecule has 0 spiro atoms. The zero-order chi connectivity index (χ0) is 17.8. The van der Waals surface area contributed by atoms with Crippen molar-refractivity contribution < 1.29 is 9.53 Å². The molecule has 0 radical (unpaired) electrons. The molecule has 2 heterocycles. The van der Waals surface area contributed by atoms with Crippen molar-refractivity contribution in [2.75, 3.05) is 25.0 Å². The van der Waals surface area contributed by atoms with Crippen molar-refractivity contribution in [1.82, 2.24) is 4.90 Å². The molecule has 1 fully saturated rings. The van der Waals surface area contributed by atoms with Crippen LogP contribution in [0.2, 0.25) is 0 Å². The Bertz CT molecular complexity index is 642. The molecule has 1 atom stereocenters. The maximum atomic E-state index is 12.6. The zero-order valence-corrected chi connectivity index (χ0v) is 16.9. The van der Waals surface area contributed by atoms with E-state index in [1.165, 1.54) is 36.1 Å². The molecular weight excluding hydrogens is 352 g/mol. The van der Waals surface area contributed by atoms with Crippen LogP contribution in [0.15, 0.2) is 0 Å². The summed E-state index contributed by atoms with van der Waals surface area (Å²) >= 11 is 7.35. The van der Waals surface area contributed by atoms with E-state index < -0.39 is 0 Å². The number of thiocarbonyl (C=S) groups is 1. The van der Waals surface area contributed by atoms with Crippen LogP contribution < -0.4 is 5.32 Å². The predicted molar refractivity (Wildman–Crippen MR) is 108 cm³/mol. The first-order valence-corrected chi connectivity index (χ1v) is 10.7. The first-order valence-electron chi connectivity index (χ1n) is 9.47. The molecule has 1 aromatic heterocycles. The van der Waals surface area contributed by atoms with E-state index in [4.69, 9.17) is 17.0 Å². The number of hydrogen-bond donors (Lipinski definition) is 1. The van der Waals surface area contributed by atoms with Crippen molar-refractivity contribution in [2.24, 2.45) is 5.92 Å². The highest BCUT2D eigenvalue weighted by Crippen LogP contribution is 2.38. The molecule has 0 unspecified atom stereocenters. The normalized spacial score (nSPS) is 20.6. The number of thiophene rings is 1. The molecule has 1 saturated heterocycles. The van der Waals surface area contributed by atoms with Crippen LogP contribution in [0.4, 0.5) is 5.00 Å². The number of carbonyl (C=O) groups is 1. The SMILES string of the molecule is CCOC(=O)c1c(NC(=S)N2CCC[C@@H](C)C2)sc2c1CCCCC2. The number of nitrogens with zero attached hydrogens (tertiary/aromatic N) is 1. The first kappa shape index (κ1) is 18.6. The van der Waals surface area contributed by atoms with Crippen molar-refractivity contribution >= 4 is 39.6 Å². The number of anilines is 1. The Morgan fingerprint density at radius 2 is 2.12 bits per heavy atom. The molecule has 138 valence electrons. The molecule has 1 N–H and O–H groups in total. The van der Waals surface area contributed by atoms with Crippen molar-refractivity contribution in [3.8, 4) is 0 Å². The quantitative estimate of drug-likeness (QED) is 0.471. The van der Waals surface area contributed by atoms with E-state index in [1.54, 1.807) is 11.3 Å². The molecule has 1 aliphatic heterocycles. The topological polar surface area (TPSA) is 41.6 Å². The number of hydrogen-bond acceptors (Lipinski definition) is 4.